The maximum absolute atomic E-state index is 11.9. The lowest BCUT2D eigenvalue weighted by molar-refractivity contribution is 0.0976. The number of aromatic nitrogens is 2. The quantitative estimate of drug-likeness (QED) is 0.635. The van der Waals surface area contributed by atoms with Gasteiger partial charge in [-0.05, 0) is 36.5 Å². The summed E-state index contributed by atoms with van der Waals surface area (Å²) >= 11 is 3.78. The summed E-state index contributed by atoms with van der Waals surface area (Å²) in [5, 5.41) is 0.577. The fraction of sp³-hybridized carbons (Fsp3) is 0.500. The minimum Gasteiger partial charge on any atom is -0.755 e. The summed E-state index contributed by atoms with van der Waals surface area (Å²) in [7, 11) is 0. The van der Waals surface area contributed by atoms with Crippen molar-refractivity contribution in [2.75, 3.05) is 6.61 Å². The Labute approximate surface area is 178 Å². The molecular formula is C20H25ClN3O4S-. The maximum Gasteiger partial charge on any atom is 0.282 e. The van der Waals surface area contributed by atoms with Crippen LogP contribution < -0.4 is 9.46 Å². The first kappa shape index (κ1) is 21.8. The molecule has 0 radical (unpaired) electrons. The van der Waals surface area contributed by atoms with E-state index in [-0.39, 0.29) is 5.69 Å². The van der Waals surface area contributed by atoms with Crippen LogP contribution in [0.5, 0.6) is 5.75 Å². The van der Waals surface area contributed by atoms with Crippen LogP contribution in [-0.2, 0) is 24.2 Å². The fourth-order valence-electron chi connectivity index (χ4n) is 3.61. The second-order valence-corrected chi connectivity index (χ2v) is 8.34. The molecule has 0 spiro atoms. The Morgan fingerprint density at radius 2 is 2.14 bits per heavy atom. The molecule has 1 atom stereocenters. The van der Waals surface area contributed by atoms with E-state index in [0.717, 1.165) is 17.9 Å². The summed E-state index contributed by atoms with van der Waals surface area (Å²) < 4.78 is 30.9. The number of nitrogens with zero attached hydrogens (tertiary/aromatic N) is 2. The number of imidazole rings is 1. The minimum atomic E-state index is -2.68. The van der Waals surface area contributed by atoms with Gasteiger partial charge in [0, 0.05) is 28.9 Å². The van der Waals surface area contributed by atoms with Crippen molar-refractivity contribution >= 4 is 28.8 Å². The van der Waals surface area contributed by atoms with Crippen molar-refractivity contribution in [1.29, 1.82) is 0 Å². The van der Waals surface area contributed by atoms with Crippen molar-refractivity contribution in [2.24, 2.45) is 5.92 Å². The lowest BCUT2D eigenvalue weighted by Crippen LogP contribution is -2.25. The van der Waals surface area contributed by atoms with Crippen molar-refractivity contribution in [3.05, 3.63) is 46.5 Å². The van der Waals surface area contributed by atoms with Crippen LogP contribution in [0, 0.1) is 5.92 Å². The van der Waals surface area contributed by atoms with Gasteiger partial charge < -0.3 is 13.9 Å². The largest absolute Gasteiger partial charge is 0.755 e. The average Bonchev–Trinajstić information content (AvgIpc) is 3.12. The first-order valence-electron chi connectivity index (χ1n) is 9.83. The molecule has 1 fully saturated rings. The van der Waals surface area contributed by atoms with Crippen LogP contribution in [0.3, 0.4) is 0 Å². The molecule has 2 aromatic rings. The first-order chi connectivity index (χ1) is 14.0. The molecule has 7 nitrogen and oxygen atoms in total. The lowest BCUT2D eigenvalue weighted by Gasteiger charge is -2.21. The number of ether oxygens (including phenoxy) is 1. The maximum atomic E-state index is 11.9. The SMILES string of the molecule is CCc1nc(C(=O)NS(=O)[O-])cn1Cc1ccc(OCC2CCCCC2)cc1Cl. The van der Waals surface area contributed by atoms with Gasteiger partial charge in [-0.1, -0.05) is 43.9 Å². The molecular weight excluding hydrogens is 414 g/mol. The van der Waals surface area contributed by atoms with E-state index in [4.69, 9.17) is 16.3 Å². The van der Waals surface area contributed by atoms with Crippen molar-refractivity contribution < 1.29 is 18.3 Å². The molecule has 0 bridgehead atoms. The highest BCUT2D eigenvalue weighted by atomic mass is 35.5. The van der Waals surface area contributed by atoms with E-state index in [2.05, 4.69) is 4.98 Å². The number of benzene rings is 1. The zero-order valence-electron chi connectivity index (χ0n) is 16.4. The molecule has 1 saturated carbocycles. The molecule has 29 heavy (non-hydrogen) atoms. The Hall–Kier alpha value is -1.90. The molecule has 1 amide bonds. The summed E-state index contributed by atoms with van der Waals surface area (Å²) in [6.45, 7) is 3.05. The van der Waals surface area contributed by atoms with E-state index in [1.807, 2.05) is 25.1 Å². The first-order valence-corrected chi connectivity index (χ1v) is 11.3. The van der Waals surface area contributed by atoms with Crippen LogP contribution in [-0.4, -0.2) is 30.8 Å². The number of hydrogen-bond donors (Lipinski definition) is 1. The standard InChI is InChI=1S/C20H26ClN3O4S/c1-2-19-22-18(20(25)23-29(26)27)12-24(19)11-15-8-9-16(10-17(15)21)28-13-14-6-4-3-5-7-14/h8-10,12,14H,2-7,11,13H2,1H3,(H,23,25)(H,26,27)/p-1. The number of halogens is 1. The third-order valence-corrected chi connectivity index (χ3v) is 5.86. The molecule has 0 saturated heterocycles. The molecule has 1 aromatic carbocycles. The van der Waals surface area contributed by atoms with Crippen LogP contribution in [0.2, 0.25) is 5.02 Å². The van der Waals surface area contributed by atoms with Crippen molar-refractivity contribution in [3.63, 3.8) is 0 Å². The molecule has 9 heteroatoms. The lowest BCUT2D eigenvalue weighted by atomic mass is 9.90. The van der Waals surface area contributed by atoms with Crippen LogP contribution >= 0.6 is 11.6 Å². The molecule has 1 unspecified atom stereocenters. The molecule has 1 aliphatic carbocycles. The van der Waals surface area contributed by atoms with Gasteiger partial charge >= 0.3 is 0 Å². The number of rotatable bonds is 8. The molecule has 0 aliphatic heterocycles. The van der Waals surface area contributed by atoms with Gasteiger partial charge in [-0.25, -0.2) is 4.98 Å². The van der Waals surface area contributed by atoms with Gasteiger partial charge in [-0.15, -0.1) is 0 Å². The van der Waals surface area contributed by atoms with Gasteiger partial charge in [0.2, 0.25) is 0 Å². The van der Waals surface area contributed by atoms with Crippen LogP contribution in [0.1, 0.15) is 60.9 Å². The summed E-state index contributed by atoms with van der Waals surface area (Å²) in [5.74, 6) is 1.28. The summed E-state index contributed by atoms with van der Waals surface area (Å²) in [6.07, 6.45) is 8.46. The zero-order chi connectivity index (χ0) is 20.8. The fourth-order valence-corrected chi connectivity index (χ4v) is 4.09. The van der Waals surface area contributed by atoms with E-state index < -0.39 is 17.2 Å². The Morgan fingerprint density at radius 1 is 1.38 bits per heavy atom. The van der Waals surface area contributed by atoms with Crippen LogP contribution in [0.25, 0.3) is 0 Å². The second kappa shape index (κ2) is 10.2. The van der Waals surface area contributed by atoms with Gasteiger partial charge in [0.15, 0.2) is 0 Å². The smallest absolute Gasteiger partial charge is 0.282 e. The molecule has 1 aliphatic rings. The highest BCUT2D eigenvalue weighted by Crippen LogP contribution is 2.27. The predicted molar refractivity (Wildman–Crippen MR) is 111 cm³/mol. The predicted octanol–water partition coefficient (Wildman–Crippen LogP) is 3.63. The zero-order valence-corrected chi connectivity index (χ0v) is 17.9. The van der Waals surface area contributed by atoms with Crippen LogP contribution in [0.15, 0.2) is 24.4 Å². The monoisotopic (exact) mass is 438 g/mol. The molecule has 158 valence electrons. The molecule has 1 N–H and O–H groups in total. The third-order valence-electron chi connectivity index (χ3n) is 5.16. The number of aryl methyl sites for hydroxylation is 1. The number of amides is 1. The molecule has 1 aromatic heterocycles. The van der Waals surface area contributed by atoms with Gasteiger partial charge in [0.1, 0.15) is 17.3 Å². The van der Waals surface area contributed by atoms with E-state index in [0.29, 0.717) is 29.7 Å². The number of carbonyl (C=O) groups excluding carboxylic acids is 1. The Morgan fingerprint density at radius 3 is 2.79 bits per heavy atom. The van der Waals surface area contributed by atoms with E-state index in [1.165, 1.54) is 38.3 Å². The average molecular weight is 439 g/mol. The van der Waals surface area contributed by atoms with Crippen molar-refractivity contribution in [2.45, 2.75) is 52.0 Å². The topological polar surface area (TPSA) is 96.3 Å². The van der Waals surface area contributed by atoms with Gasteiger partial charge in [-0.3, -0.25) is 13.7 Å². The highest BCUT2D eigenvalue weighted by molar-refractivity contribution is 7.77. The Bertz CT molecular complexity index is 881. The van der Waals surface area contributed by atoms with E-state index in [1.54, 1.807) is 9.29 Å². The molecule has 1 heterocycles. The highest BCUT2D eigenvalue weighted by Gasteiger charge is 2.16. The summed E-state index contributed by atoms with van der Waals surface area (Å²) in [6, 6.07) is 5.63. The Kier molecular flexibility index (Phi) is 7.69. The summed E-state index contributed by atoms with van der Waals surface area (Å²) in [5.41, 5.74) is 0.915. The number of hydrogen-bond acceptors (Lipinski definition) is 5. The Balaban J connectivity index is 1.67. The summed E-state index contributed by atoms with van der Waals surface area (Å²) in [4.78, 5) is 16.1. The minimum absolute atomic E-state index is 0.0506. The second-order valence-electron chi connectivity index (χ2n) is 7.26. The third kappa shape index (κ3) is 6.04. The number of carbonyl (C=O) groups is 1. The molecule has 3 rings (SSSR count). The van der Waals surface area contributed by atoms with E-state index in [9.17, 15) is 13.6 Å². The van der Waals surface area contributed by atoms with Gasteiger partial charge in [0.05, 0.1) is 13.2 Å². The van der Waals surface area contributed by atoms with Crippen molar-refractivity contribution in [3.8, 4) is 5.75 Å². The van der Waals surface area contributed by atoms with Crippen molar-refractivity contribution in [1.82, 2.24) is 14.3 Å². The van der Waals surface area contributed by atoms with Gasteiger partial charge in [0.25, 0.3) is 5.91 Å². The normalized spacial score (nSPS) is 15.8. The van der Waals surface area contributed by atoms with Gasteiger partial charge in [-0.2, -0.15) is 0 Å². The van der Waals surface area contributed by atoms with Crippen LogP contribution in [0.4, 0.5) is 0 Å². The van der Waals surface area contributed by atoms with E-state index >= 15 is 0 Å². The number of nitrogens with one attached hydrogen (secondary N) is 1.